The lowest BCUT2D eigenvalue weighted by Gasteiger charge is -2.18. The van der Waals surface area contributed by atoms with Gasteiger partial charge in [-0.25, -0.2) is 0 Å². The predicted octanol–water partition coefficient (Wildman–Crippen LogP) is 6.40. The highest BCUT2D eigenvalue weighted by Crippen LogP contribution is 2.28. The summed E-state index contributed by atoms with van der Waals surface area (Å²) in [5, 5.41) is 4.26. The number of carbonyl (C=O) groups excluding carboxylic acids is 1. The number of fused-ring (bicyclic) bond motifs is 2. The van der Waals surface area contributed by atoms with Crippen LogP contribution in [0.4, 0.5) is 5.69 Å². The fourth-order valence-electron chi connectivity index (χ4n) is 5.51. The second-order valence-electron chi connectivity index (χ2n) is 11.1. The van der Waals surface area contributed by atoms with E-state index in [9.17, 15) is 9.59 Å². The van der Waals surface area contributed by atoms with Crippen LogP contribution in [0.5, 0.6) is 17.2 Å². The van der Waals surface area contributed by atoms with Crippen LogP contribution in [0.15, 0.2) is 77.6 Å². The number of carbonyl (C=O) groups is 1. The number of aromatic nitrogens is 1. The van der Waals surface area contributed by atoms with Crippen LogP contribution in [-0.4, -0.2) is 50.2 Å². The van der Waals surface area contributed by atoms with Crippen molar-refractivity contribution in [1.29, 1.82) is 0 Å². The number of anilines is 1. The first kappa shape index (κ1) is 30.6. The van der Waals surface area contributed by atoms with Gasteiger partial charge in [0.05, 0.1) is 38.3 Å². The number of ether oxygens (including phenoxy) is 3. The maximum atomic E-state index is 13.1. The maximum absolute atomic E-state index is 13.1. The van der Waals surface area contributed by atoms with E-state index >= 15 is 0 Å². The van der Waals surface area contributed by atoms with Gasteiger partial charge in [-0.3, -0.25) is 9.59 Å². The summed E-state index contributed by atoms with van der Waals surface area (Å²) in [7, 11) is 5.36. The highest BCUT2D eigenvalue weighted by molar-refractivity contribution is 5.99. The minimum Gasteiger partial charge on any atom is -0.494 e. The van der Waals surface area contributed by atoms with E-state index in [1.165, 1.54) is 0 Å². The third-order valence-electron chi connectivity index (χ3n) is 7.84. The topological polar surface area (TPSA) is 92.9 Å². The zero-order chi connectivity index (χ0) is 31.2. The molecule has 1 heterocycles. The minimum absolute atomic E-state index is 0.0318. The zero-order valence-electron chi connectivity index (χ0n) is 26.0. The van der Waals surface area contributed by atoms with E-state index in [4.69, 9.17) is 14.2 Å². The molecule has 2 N–H and O–H groups in total. The molecule has 0 atom stereocenters. The van der Waals surface area contributed by atoms with Crippen molar-refractivity contribution >= 4 is 33.4 Å². The van der Waals surface area contributed by atoms with Crippen LogP contribution in [-0.2, 0) is 17.8 Å². The summed E-state index contributed by atoms with van der Waals surface area (Å²) >= 11 is 0. The standard InChI is InChI=1S/C36H39N3O5/c1-23-9-6-11-28-34(23)38-35-26(10-7-12-29(35)36(28)41)21-33(40)37-30-15-14-27(19-24(30)2)44-18-8-17-39(3)22-25-13-16-31(42-4)32(20-25)43-5/h6-7,9-16,19-20H,8,17-18,21-22H2,1-5H3,(H,37,40)(H,38,41). The number of pyridine rings is 1. The Balaban J connectivity index is 1.15. The van der Waals surface area contributed by atoms with E-state index in [1.54, 1.807) is 20.3 Å². The Hall–Kier alpha value is -4.82. The van der Waals surface area contributed by atoms with Gasteiger partial charge in [-0.15, -0.1) is 0 Å². The predicted molar refractivity (Wildman–Crippen MR) is 176 cm³/mol. The second kappa shape index (κ2) is 13.7. The molecule has 0 radical (unpaired) electrons. The fourth-order valence-corrected chi connectivity index (χ4v) is 5.51. The molecule has 8 heteroatoms. The summed E-state index contributed by atoms with van der Waals surface area (Å²) in [4.78, 5) is 31.9. The number of aromatic amines is 1. The maximum Gasteiger partial charge on any atom is 0.228 e. The Morgan fingerprint density at radius 1 is 0.864 bits per heavy atom. The van der Waals surface area contributed by atoms with Gasteiger partial charge in [0.15, 0.2) is 16.9 Å². The quantitative estimate of drug-likeness (QED) is 0.129. The molecule has 0 saturated carbocycles. The number of para-hydroxylation sites is 2. The van der Waals surface area contributed by atoms with Crippen LogP contribution in [0.1, 0.15) is 28.7 Å². The number of methoxy groups -OCH3 is 2. The van der Waals surface area contributed by atoms with Crippen molar-refractivity contribution in [2.45, 2.75) is 33.2 Å². The molecule has 1 aromatic heterocycles. The Kier molecular flexibility index (Phi) is 9.50. The SMILES string of the molecule is COc1ccc(CN(C)CCCOc2ccc(NC(=O)Cc3cccc4c(=O)c5cccc(C)c5[nH]c34)c(C)c2)cc1OC. The molecule has 0 bridgehead atoms. The Morgan fingerprint density at radius 3 is 2.36 bits per heavy atom. The molecule has 228 valence electrons. The molecule has 0 saturated heterocycles. The van der Waals surface area contributed by atoms with Crippen LogP contribution in [0.2, 0.25) is 0 Å². The number of hydrogen-bond acceptors (Lipinski definition) is 6. The summed E-state index contributed by atoms with van der Waals surface area (Å²) in [6.45, 7) is 6.16. The average Bonchev–Trinajstić information content (AvgIpc) is 3.01. The van der Waals surface area contributed by atoms with Gasteiger partial charge >= 0.3 is 0 Å². The van der Waals surface area contributed by atoms with Crippen molar-refractivity contribution in [2.24, 2.45) is 0 Å². The summed E-state index contributed by atoms with van der Waals surface area (Å²) in [6.07, 6.45) is 1.00. The highest BCUT2D eigenvalue weighted by atomic mass is 16.5. The number of H-pyrrole nitrogens is 1. The fraction of sp³-hybridized carbons (Fsp3) is 0.278. The van der Waals surface area contributed by atoms with Gasteiger partial charge in [-0.1, -0.05) is 30.3 Å². The third kappa shape index (κ3) is 6.87. The molecule has 0 unspecified atom stereocenters. The molecular weight excluding hydrogens is 554 g/mol. The first-order valence-electron chi connectivity index (χ1n) is 14.7. The van der Waals surface area contributed by atoms with E-state index in [0.717, 1.165) is 70.2 Å². The lowest BCUT2D eigenvalue weighted by Crippen LogP contribution is -2.20. The van der Waals surface area contributed by atoms with Gasteiger partial charge in [-0.05, 0) is 92.0 Å². The Morgan fingerprint density at radius 2 is 1.61 bits per heavy atom. The summed E-state index contributed by atoms with van der Waals surface area (Å²) in [6, 6.07) is 22.8. The molecule has 44 heavy (non-hydrogen) atoms. The van der Waals surface area contributed by atoms with E-state index in [0.29, 0.717) is 22.9 Å². The molecule has 0 aliphatic rings. The third-order valence-corrected chi connectivity index (χ3v) is 7.84. The summed E-state index contributed by atoms with van der Waals surface area (Å²) < 4.78 is 16.7. The van der Waals surface area contributed by atoms with Gasteiger partial charge in [-0.2, -0.15) is 0 Å². The molecule has 0 aliphatic heterocycles. The van der Waals surface area contributed by atoms with Gasteiger partial charge < -0.3 is 29.4 Å². The van der Waals surface area contributed by atoms with Gasteiger partial charge in [0.2, 0.25) is 5.91 Å². The van der Waals surface area contributed by atoms with Gasteiger partial charge in [0, 0.05) is 29.5 Å². The van der Waals surface area contributed by atoms with Crippen molar-refractivity contribution in [3.8, 4) is 17.2 Å². The molecule has 0 aliphatic carbocycles. The van der Waals surface area contributed by atoms with E-state index in [2.05, 4.69) is 22.2 Å². The lowest BCUT2D eigenvalue weighted by atomic mass is 10.0. The molecule has 5 aromatic rings. The molecular formula is C36H39N3O5. The number of amides is 1. The highest BCUT2D eigenvalue weighted by Gasteiger charge is 2.14. The van der Waals surface area contributed by atoms with Crippen LogP contribution in [0, 0.1) is 13.8 Å². The van der Waals surface area contributed by atoms with Crippen molar-refractivity contribution in [3.05, 3.63) is 105 Å². The van der Waals surface area contributed by atoms with Crippen LogP contribution >= 0.6 is 0 Å². The number of hydrogen-bond donors (Lipinski definition) is 2. The normalized spacial score (nSPS) is 11.2. The van der Waals surface area contributed by atoms with Crippen LogP contribution < -0.4 is 25.0 Å². The lowest BCUT2D eigenvalue weighted by molar-refractivity contribution is -0.115. The number of nitrogens with one attached hydrogen (secondary N) is 2. The van der Waals surface area contributed by atoms with Crippen molar-refractivity contribution in [1.82, 2.24) is 9.88 Å². The van der Waals surface area contributed by atoms with Crippen LogP contribution in [0.25, 0.3) is 21.8 Å². The smallest absolute Gasteiger partial charge is 0.228 e. The zero-order valence-corrected chi connectivity index (χ0v) is 26.0. The second-order valence-corrected chi connectivity index (χ2v) is 11.1. The van der Waals surface area contributed by atoms with Gasteiger partial charge in [0.25, 0.3) is 0 Å². The van der Waals surface area contributed by atoms with Gasteiger partial charge in [0.1, 0.15) is 5.75 Å². The first-order valence-corrected chi connectivity index (χ1v) is 14.7. The molecule has 4 aromatic carbocycles. The molecule has 0 fully saturated rings. The van der Waals surface area contributed by atoms with Crippen molar-refractivity contribution in [3.63, 3.8) is 0 Å². The Bertz CT molecular complexity index is 1860. The van der Waals surface area contributed by atoms with Crippen molar-refractivity contribution < 1.29 is 19.0 Å². The number of nitrogens with zero attached hydrogens (tertiary/aromatic N) is 1. The number of aryl methyl sites for hydroxylation is 2. The largest absolute Gasteiger partial charge is 0.494 e. The Labute approximate surface area is 257 Å². The average molecular weight is 594 g/mol. The van der Waals surface area contributed by atoms with E-state index < -0.39 is 0 Å². The molecule has 1 amide bonds. The minimum atomic E-state index is -0.155. The molecule has 5 rings (SSSR count). The van der Waals surface area contributed by atoms with Crippen molar-refractivity contribution in [2.75, 3.05) is 39.7 Å². The first-order chi connectivity index (χ1) is 21.3. The summed E-state index contributed by atoms with van der Waals surface area (Å²) in [5.41, 5.74) is 6.02. The number of rotatable bonds is 12. The molecule has 0 spiro atoms. The van der Waals surface area contributed by atoms with E-state index in [-0.39, 0.29) is 17.8 Å². The number of benzene rings is 4. The monoisotopic (exact) mass is 593 g/mol. The molecule has 8 nitrogen and oxygen atoms in total. The summed E-state index contributed by atoms with van der Waals surface area (Å²) in [5.74, 6) is 2.05. The van der Waals surface area contributed by atoms with Crippen LogP contribution in [0.3, 0.4) is 0 Å². The van der Waals surface area contributed by atoms with E-state index in [1.807, 2.05) is 80.6 Å².